The molecule has 0 fully saturated rings. The third-order valence-electron chi connectivity index (χ3n) is 3.92. The molecule has 0 aliphatic carbocycles. The zero-order valence-corrected chi connectivity index (χ0v) is 13.5. The zero-order chi connectivity index (χ0) is 17.1. The number of carbonyl (C=O) groups excluding carboxylic acids is 2. The minimum Gasteiger partial charge on any atom is -0.321 e. The second-order valence-corrected chi connectivity index (χ2v) is 5.84. The maximum Gasteiger partial charge on any atom is 0.274 e. The van der Waals surface area contributed by atoms with Crippen molar-refractivity contribution in [1.82, 2.24) is 10.4 Å². The summed E-state index contributed by atoms with van der Waals surface area (Å²) in [5.41, 5.74) is 6.19. The summed E-state index contributed by atoms with van der Waals surface area (Å²) in [6, 6.07) is 11.0. The van der Waals surface area contributed by atoms with Crippen molar-refractivity contribution >= 4 is 23.2 Å². The maximum absolute atomic E-state index is 12.3. The van der Waals surface area contributed by atoms with Gasteiger partial charge in [-0.25, -0.2) is 5.43 Å². The Kier molecular flexibility index (Phi) is 4.37. The number of aromatic nitrogens is 1. The summed E-state index contributed by atoms with van der Waals surface area (Å²) in [4.78, 5) is 27.7. The molecule has 6 heteroatoms. The van der Waals surface area contributed by atoms with E-state index in [1.165, 1.54) is 0 Å². The highest BCUT2D eigenvalue weighted by atomic mass is 16.2. The van der Waals surface area contributed by atoms with Crippen LogP contribution in [0, 0.1) is 12.8 Å². The quantitative estimate of drug-likeness (QED) is 0.910. The van der Waals surface area contributed by atoms with Gasteiger partial charge in [-0.15, -0.1) is 0 Å². The molecule has 24 heavy (non-hydrogen) atoms. The van der Waals surface area contributed by atoms with Gasteiger partial charge in [-0.05, 0) is 36.2 Å². The van der Waals surface area contributed by atoms with Crippen LogP contribution in [0.1, 0.15) is 35.0 Å². The number of nitrogens with one attached hydrogen (secondary N) is 2. The first kappa shape index (κ1) is 15.9. The lowest BCUT2D eigenvalue weighted by molar-refractivity contribution is -0.121. The lowest BCUT2D eigenvalue weighted by Crippen LogP contribution is -2.31. The van der Waals surface area contributed by atoms with Gasteiger partial charge in [0.1, 0.15) is 5.69 Å². The van der Waals surface area contributed by atoms with Crippen molar-refractivity contribution in [3.05, 3.63) is 59.4 Å². The van der Waals surface area contributed by atoms with Crippen LogP contribution in [-0.2, 0) is 4.79 Å². The minimum absolute atomic E-state index is 0.0651. The van der Waals surface area contributed by atoms with E-state index in [0.717, 1.165) is 16.8 Å². The van der Waals surface area contributed by atoms with Crippen molar-refractivity contribution in [2.45, 2.75) is 20.3 Å². The summed E-state index contributed by atoms with van der Waals surface area (Å²) in [5, 5.41) is 6.97. The summed E-state index contributed by atoms with van der Waals surface area (Å²) >= 11 is 0. The fourth-order valence-corrected chi connectivity index (χ4v) is 2.64. The van der Waals surface area contributed by atoms with Crippen LogP contribution in [0.25, 0.3) is 0 Å². The molecule has 0 radical (unpaired) electrons. The Hall–Kier alpha value is -3.02. The van der Waals surface area contributed by atoms with Gasteiger partial charge in [0.25, 0.3) is 5.91 Å². The molecule has 3 rings (SSSR count). The number of hydrogen-bond acceptors (Lipinski definition) is 4. The Labute approximate surface area is 140 Å². The highest BCUT2D eigenvalue weighted by molar-refractivity contribution is 6.07. The average Bonchev–Trinajstić information content (AvgIpc) is 2.56. The number of anilines is 1. The van der Waals surface area contributed by atoms with Crippen molar-refractivity contribution < 1.29 is 9.59 Å². The first-order chi connectivity index (χ1) is 11.5. The largest absolute Gasteiger partial charge is 0.321 e. The Bertz CT molecular complexity index is 812. The molecule has 1 aliphatic heterocycles. The molecule has 1 aromatic carbocycles. The van der Waals surface area contributed by atoms with Crippen LogP contribution < -0.4 is 10.7 Å². The first-order valence-electron chi connectivity index (χ1n) is 7.74. The summed E-state index contributed by atoms with van der Waals surface area (Å²) in [5.74, 6) is -0.243. The van der Waals surface area contributed by atoms with E-state index in [1.807, 2.05) is 44.2 Å². The summed E-state index contributed by atoms with van der Waals surface area (Å²) in [6.45, 7) is 3.82. The fraction of sp³-hybridized carbons (Fsp3) is 0.222. The number of benzene rings is 1. The molecule has 1 unspecified atom stereocenters. The molecule has 2 aromatic rings. The van der Waals surface area contributed by atoms with Crippen molar-refractivity contribution in [1.29, 1.82) is 0 Å². The molecule has 0 bridgehead atoms. The molecule has 6 nitrogen and oxygen atoms in total. The zero-order valence-electron chi connectivity index (χ0n) is 13.5. The predicted molar refractivity (Wildman–Crippen MR) is 91.8 cm³/mol. The van der Waals surface area contributed by atoms with E-state index in [4.69, 9.17) is 0 Å². The van der Waals surface area contributed by atoms with Gasteiger partial charge in [0.2, 0.25) is 5.91 Å². The molecule has 0 saturated carbocycles. The van der Waals surface area contributed by atoms with Gasteiger partial charge in [-0.2, -0.15) is 5.10 Å². The van der Waals surface area contributed by atoms with Crippen LogP contribution in [0.4, 0.5) is 5.69 Å². The van der Waals surface area contributed by atoms with Gasteiger partial charge in [0.15, 0.2) is 0 Å². The second-order valence-electron chi connectivity index (χ2n) is 5.84. The van der Waals surface area contributed by atoms with Crippen molar-refractivity contribution in [3.8, 4) is 0 Å². The molecule has 122 valence electrons. The Morgan fingerprint density at radius 3 is 2.67 bits per heavy atom. The van der Waals surface area contributed by atoms with E-state index >= 15 is 0 Å². The number of hydrogen-bond donors (Lipinski definition) is 2. The van der Waals surface area contributed by atoms with Crippen LogP contribution >= 0.6 is 0 Å². The Balaban J connectivity index is 1.75. The SMILES string of the molecule is Cc1cccnc1C(=O)Nc1ccc(C2=NNC(=O)CC2C)cc1. The molecule has 1 aliphatic rings. The molecular formula is C18H18N4O2. The third kappa shape index (κ3) is 3.32. The van der Waals surface area contributed by atoms with Gasteiger partial charge in [-0.1, -0.05) is 25.1 Å². The lowest BCUT2D eigenvalue weighted by Gasteiger charge is -2.19. The number of hydrazone groups is 1. The molecule has 1 atom stereocenters. The Morgan fingerprint density at radius 1 is 1.25 bits per heavy atom. The van der Waals surface area contributed by atoms with Crippen LogP contribution in [-0.4, -0.2) is 22.5 Å². The molecule has 0 saturated heterocycles. The molecule has 0 spiro atoms. The number of carbonyl (C=O) groups is 2. The van der Waals surface area contributed by atoms with Crippen LogP contribution in [0.2, 0.25) is 0 Å². The van der Waals surface area contributed by atoms with Gasteiger partial charge in [-0.3, -0.25) is 14.6 Å². The minimum atomic E-state index is -0.239. The van der Waals surface area contributed by atoms with Gasteiger partial charge >= 0.3 is 0 Å². The van der Waals surface area contributed by atoms with E-state index in [9.17, 15) is 9.59 Å². The van der Waals surface area contributed by atoms with Crippen LogP contribution in [0.5, 0.6) is 0 Å². The van der Waals surface area contributed by atoms with E-state index in [2.05, 4.69) is 20.8 Å². The lowest BCUT2D eigenvalue weighted by atomic mass is 9.94. The first-order valence-corrected chi connectivity index (χ1v) is 7.74. The smallest absolute Gasteiger partial charge is 0.274 e. The fourth-order valence-electron chi connectivity index (χ4n) is 2.64. The number of aryl methyl sites for hydroxylation is 1. The highest BCUT2D eigenvalue weighted by Gasteiger charge is 2.21. The van der Waals surface area contributed by atoms with E-state index in [1.54, 1.807) is 12.3 Å². The molecule has 2 N–H and O–H groups in total. The third-order valence-corrected chi connectivity index (χ3v) is 3.92. The van der Waals surface area contributed by atoms with Crippen LogP contribution in [0.15, 0.2) is 47.7 Å². The maximum atomic E-state index is 12.3. The number of pyridine rings is 1. The molecular weight excluding hydrogens is 304 g/mol. The average molecular weight is 322 g/mol. The highest BCUT2D eigenvalue weighted by Crippen LogP contribution is 2.19. The molecule has 2 amide bonds. The standard InChI is InChI=1S/C18H18N4O2/c1-11-4-3-9-19-17(11)18(24)20-14-7-5-13(6-8-14)16-12(2)10-15(23)21-22-16/h3-9,12H,10H2,1-2H3,(H,20,24)(H,21,23). The number of rotatable bonds is 3. The van der Waals surface area contributed by atoms with Crippen molar-refractivity contribution in [2.24, 2.45) is 11.0 Å². The van der Waals surface area contributed by atoms with Crippen molar-refractivity contribution in [2.75, 3.05) is 5.32 Å². The topological polar surface area (TPSA) is 83.4 Å². The van der Waals surface area contributed by atoms with Gasteiger partial charge in [0, 0.05) is 24.2 Å². The molecule has 2 heterocycles. The van der Waals surface area contributed by atoms with Gasteiger partial charge < -0.3 is 5.32 Å². The summed E-state index contributed by atoms with van der Waals surface area (Å²) in [6.07, 6.45) is 2.03. The predicted octanol–water partition coefficient (Wildman–Crippen LogP) is 2.50. The van der Waals surface area contributed by atoms with Gasteiger partial charge in [0.05, 0.1) is 5.71 Å². The monoisotopic (exact) mass is 322 g/mol. The number of amides is 2. The number of nitrogens with zero attached hydrogens (tertiary/aromatic N) is 2. The summed E-state index contributed by atoms with van der Waals surface area (Å²) in [7, 11) is 0. The molecule has 1 aromatic heterocycles. The van der Waals surface area contributed by atoms with Crippen LogP contribution in [0.3, 0.4) is 0 Å². The summed E-state index contributed by atoms with van der Waals surface area (Å²) < 4.78 is 0. The Morgan fingerprint density at radius 2 is 2.00 bits per heavy atom. The van der Waals surface area contributed by atoms with E-state index in [0.29, 0.717) is 17.8 Å². The van der Waals surface area contributed by atoms with Crippen molar-refractivity contribution in [3.63, 3.8) is 0 Å². The second kappa shape index (κ2) is 6.62. The normalized spacial score (nSPS) is 17.0. The van der Waals surface area contributed by atoms with E-state index < -0.39 is 0 Å². The van der Waals surface area contributed by atoms with E-state index in [-0.39, 0.29) is 17.7 Å².